The molecule has 1 heterocycles. The Morgan fingerprint density at radius 3 is 2.56 bits per heavy atom. The number of nitrogens with one attached hydrogen (secondary N) is 1. The van der Waals surface area contributed by atoms with Crippen molar-refractivity contribution in [2.75, 3.05) is 25.0 Å². The highest BCUT2D eigenvalue weighted by Gasteiger charge is 2.33. The predicted octanol–water partition coefficient (Wildman–Crippen LogP) is 1.17. The van der Waals surface area contributed by atoms with E-state index in [0.717, 1.165) is 0 Å². The first-order chi connectivity index (χ1) is 11.6. The molecule has 0 spiro atoms. The number of nitrogens with zero attached hydrogens (tertiary/aromatic N) is 2. The summed E-state index contributed by atoms with van der Waals surface area (Å²) in [6, 6.07) is 7.09. The van der Waals surface area contributed by atoms with Crippen LogP contribution in [0.15, 0.2) is 24.3 Å². The summed E-state index contributed by atoms with van der Waals surface area (Å²) in [5.41, 5.74) is 0.196. The van der Waals surface area contributed by atoms with Crippen LogP contribution in [0.3, 0.4) is 0 Å². The second-order valence-corrected chi connectivity index (χ2v) is 7.20. The smallest absolute Gasteiger partial charge is 0.268 e. The van der Waals surface area contributed by atoms with E-state index >= 15 is 0 Å². The maximum atomic E-state index is 12.5. The molecular weight excluding hydrogens is 322 g/mol. The summed E-state index contributed by atoms with van der Waals surface area (Å²) < 4.78 is 5.56. The van der Waals surface area contributed by atoms with Crippen LogP contribution < -0.4 is 15.0 Å². The standard InChI is InChI=1S/C18H25N3O4/c1-12-17(24)21(13-8-6-7-9-14(13)25-12)11-16(23)20(5)10-15(22)19-18(2,3)4/h6-9,12H,10-11H2,1-5H3,(H,19,22). The lowest BCUT2D eigenvalue weighted by atomic mass is 10.1. The van der Waals surface area contributed by atoms with Crippen LogP contribution in [0, 0.1) is 0 Å². The third kappa shape index (κ3) is 4.71. The molecule has 136 valence electrons. The van der Waals surface area contributed by atoms with Gasteiger partial charge in [0.25, 0.3) is 5.91 Å². The van der Waals surface area contributed by atoms with Crippen molar-refractivity contribution >= 4 is 23.4 Å². The maximum absolute atomic E-state index is 12.5. The van der Waals surface area contributed by atoms with Crippen LogP contribution in [0.5, 0.6) is 5.75 Å². The molecule has 1 unspecified atom stereocenters. The van der Waals surface area contributed by atoms with Gasteiger partial charge in [-0.1, -0.05) is 12.1 Å². The van der Waals surface area contributed by atoms with Gasteiger partial charge in [-0.15, -0.1) is 0 Å². The second kappa shape index (κ2) is 7.13. The topological polar surface area (TPSA) is 79.0 Å². The molecular formula is C18H25N3O4. The number of para-hydroxylation sites is 2. The van der Waals surface area contributed by atoms with E-state index in [-0.39, 0.29) is 36.3 Å². The molecule has 0 saturated heterocycles. The average Bonchev–Trinajstić information content (AvgIpc) is 2.49. The maximum Gasteiger partial charge on any atom is 0.268 e. The zero-order valence-corrected chi connectivity index (χ0v) is 15.3. The van der Waals surface area contributed by atoms with Crippen molar-refractivity contribution in [2.24, 2.45) is 0 Å². The zero-order valence-electron chi connectivity index (χ0n) is 15.3. The third-order valence-electron chi connectivity index (χ3n) is 3.69. The first kappa shape index (κ1) is 18.8. The molecule has 1 aromatic rings. The Labute approximate surface area is 147 Å². The molecule has 1 aliphatic heterocycles. The van der Waals surface area contributed by atoms with Gasteiger partial charge in [0.15, 0.2) is 6.10 Å². The molecule has 2 rings (SSSR count). The summed E-state index contributed by atoms with van der Waals surface area (Å²) in [6.07, 6.45) is -0.655. The van der Waals surface area contributed by atoms with Crippen molar-refractivity contribution in [1.29, 1.82) is 0 Å². The Hall–Kier alpha value is -2.57. The van der Waals surface area contributed by atoms with Gasteiger partial charge in [0.05, 0.1) is 12.2 Å². The average molecular weight is 347 g/mol. The predicted molar refractivity (Wildman–Crippen MR) is 94.4 cm³/mol. The minimum absolute atomic E-state index is 0.0637. The molecule has 25 heavy (non-hydrogen) atoms. The van der Waals surface area contributed by atoms with Crippen molar-refractivity contribution in [3.05, 3.63) is 24.3 Å². The molecule has 0 bridgehead atoms. The summed E-state index contributed by atoms with van der Waals surface area (Å²) in [5.74, 6) is -0.276. The fourth-order valence-corrected chi connectivity index (χ4v) is 2.54. The summed E-state index contributed by atoms with van der Waals surface area (Å²) in [4.78, 5) is 39.6. The first-order valence-electron chi connectivity index (χ1n) is 8.20. The fraction of sp³-hybridized carbons (Fsp3) is 0.500. The Morgan fingerprint density at radius 2 is 1.92 bits per heavy atom. The van der Waals surface area contributed by atoms with Gasteiger partial charge in [0.2, 0.25) is 11.8 Å². The van der Waals surface area contributed by atoms with Gasteiger partial charge in [-0.25, -0.2) is 0 Å². The van der Waals surface area contributed by atoms with Crippen LogP contribution in [0.25, 0.3) is 0 Å². The van der Waals surface area contributed by atoms with Crippen LogP contribution in [0.1, 0.15) is 27.7 Å². The minimum Gasteiger partial charge on any atom is -0.479 e. The normalized spacial score (nSPS) is 16.8. The molecule has 0 aromatic heterocycles. The van der Waals surface area contributed by atoms with E-state index in [1.54, 1.807) is 32.2 Å². The molecule has 0 aliphatic carbocycles. The van der Waals surface area contributed by atoms with Gasteiger partial charge in [-0.3, -0.25) is 19.3 Å². The number of hydrogen-bond acceptors (Lipinski definition) is 4. The van der Waals surface area contributed by atoms with Crippen molar-refractivity contribution in [1.82, 2.24) is 10.2 Å². The Morgan fingerprint density at radius 1 is 1.28 bits per heavy atom. The Kier molecular flexibility index (Phi) is 5.35. The van der Waals surface area contributed by atoms with Gasteiger partial charge in [-0.05, 0) is 39.8 Å². The van der Waals surface area contributed by atoms with Gasteiger partial charge in [-0.2, -0.15) is 0 Å². The van der Waals surface area contributed by atoms with Gasteiger partial charge >= 0.3 is 0 Å². The molecule has 0 radical (unpaired) electrons. The molecule has 1 aliphatic rings. The van der Waals surface area contributed by atoms with E-state index in [4.69, 9.17) is 4.74 Å². The van der Waals surface area contributed by atoms with Crippen molar-refractivity contribution in [2.45, 2.75) is 39.3 Å². The highest BCUT2D eigenvalue weighted by Crippen LogP contribution is 2.33. The number of benzene rings is 1. The highest BCUT2D eigenvalue weighted by atomic mass is 16.5. The molecule has 0 saturated carbocycles. The van der Waals surface area contributed by atoms with E-state index in [0.29, 0.717) is 11.4 Å². The Balaban J connectivity index is 2.06. The number of carbonyl (C=O) groups excluding carboxylic acids is 3. The SMILES string of the molecule is CC1Oc2ccccc2N(CC(=O)N(C)CC(=O)NC(C)(C)C)C1=O. The number of rotatable bonds is 4. The number of amides is 3. The molecule has 3 amide bonds. The van der Waals surface area contributed by atoms with Crippen molar-refractivity contribution in [3.8, 4) is 5.75 Å². The van der Waals surface area contributed by atoms with E-state index in [1.807, 2.05) is 26.8 Å². The van der Waals surface area contributed by atoms with E-state index in [1.165, 1.54) is 9.80 Å². The monoisotopic (exact) mass is 347 g/mol. The lowest BCUT2D eigenvalue weighted by molar-refractivity contribution is -0.135. The lowest BCUT2D eigenvalue weighted by Crippen LogP contribution is -2.51. The molecule has 1 aromatic carbocycles. The molecule has 7 nitrogen and oxygen atoms in total. The van der Waals surface area contributed by atoms with E-state index in [2.05, 4.69) is 5.32 Å². The molecule has 0 fully saturated rings. The van der Waals surface area contributed by atoms with Gasteiger partial charge in [0.1, 0.15) is 12.3 Å². The van der Waals surface area contributed by atoms with E-state index < -0.39 is 6.10 Å². The molecule has 1 atom stereocenters. The molecule has 7 heteroatoms. The van der Waals surface area contributed by atoms with Gasteiger partial charge < -0.3 is 15.0 Å². The second-order valence-electron chi connectivity index (χ2n) is 7.20. The Bertz CT molecular complexity index is 681. The fourth-order valence-electron chi connectivity index (χ4n) is 2.54. The van der Waals surface area contributed by atoms with E-state index in [9.17, 15) is 14.4 Å². The van der Waals surface area contributed by atoms with Crippen LogP contribution in [-0.2, 0) is 14.4 Å². The van der Waals surface area contributed by atoms with Crippen LogP contribution >= 0.6 is 0 Å². The summed E-state index contributed by atoms with van der Waals surface area (Å²) in [7, 11) is 1.55. The number of ether oxygens (including phenoxy) is 1. The first-order valence-corrected chi connectivity index (χ1v) is 8.20. The number of fused-ring (bicyclic) bond motifs is 1. The van der Waals surface area contributed by atoms with Crippen LogP contribution in [0.4, 0.5) is 5.69 Å². The molecule has 1 N–H and O–H groups in total. The zero-order chi connectivity index (χ0) is 18.8. The quantitative estimate of drug-likeness (QED) is 0.887. The highest BCUT2D eigenvalue weighted by molar-refractivity contribution is 6.03. The largest absolute Gasteiger partial charge is 0.479 e. The van der Waals surface area contributed by atoms with Gasteiger partial charge in [0, 0.05) is 12.6 Å². The summed E-state index contributed by atoms with van der Waals surface area (Å²) in [6.45, 7) is 7.07. The van der Waals surface area contributed by atoms with Crippen LogP contribution in [-0.4, -0.2) is 54.4 Å². The number of hydrogen-bond donors (Lipinski definition) is 1. The lowest BCUT2D eigenvalue weighted by Gasteiger charge is -2.33. The number of anilines is 1. The van der Waals surface area contributed by atoms with Crippen molar-refractivity contribution < 1.29 is 19.1 Å². The summed E-state index contributed by atoms with van der Waals surface area (Å²) in [5, 5.41) is 2.81. The number of carbonyl (C=O) groups is 3. The summed E-state index contributed by atoms with van der Waals surface area (Å²) >= 11 is 0. The van der Waals surface area contributed by atoms with Crippen LogP contribution in [0.2, 0.25) is 0 Å². The minimum atomic E-state index is -0.655. The van der Waals surface area contributed by atoms with Crippen molar-refractivity contribution in [3.63, 3.8) is 0 Å². The number of likely N-dealkylation sites (N-methyl/N-ethyl adjacent to an activating group) is 1. The third-order valence-corrected chi connectivity index (χ3v) is 3.69.